The molecule has 0 unspecified atom stereocenters. The largest absolute Gasteiger partial charge is 0.508 e. The van der Waals surface area contributed by atoms with E-state index in [9.17, 15) is 15.0 Å². The zero-order chi connectivity index (χ0) is 16.1. The van der Waals surface area contributed by atoms with Gasteiger partial charge in [0.1, 0.15) is 5.76 Å². The summed E-state index contributed by atoms with van der Waals surface area (Å²) in [5.74, 6) is 0.175. The number of nitrogens with zero attached hydrogens (tertiary/aromatic N) is 1. The van der Waals surface area contributed by atoms with Crippen LogP contribution in [-0.2, 0) is 13.7 Å². The van der Waals surface area contributed by atoms with E-state index >= 15 is 0 Å². The first-order valence-corrected chi connectivity index (χ1v) is 7.00. The topological polar surface area (TPSA) is 62.5 Å². The Morgan fingerprint density at radius 2 is 2.09 bits per heavy atom. The van der Waals surface area contributed by atoms with Crippen LogP contribution in [0.15, 0.2) is 59.1 Å². The van der Waals surface area contributed by atoms with Gasteiger partial charge >= 0.3 is 0 Å². The van der Waals surface area contributed by atoms with E-state index in [1.54, 1.807) is 35.9 Å². The molecule has 1 aromatic heterocycles. The van der Waals surface area contributed by atoms with Crippen molar-refractivity contribution >= 4 is 17.0 Å². The van der Waals surface area contributed by atoms with Gasteiger partial charge in [-0.15, -0.1) is 0 Å². The number of benzene rings is 1. The highest BCUT2D eigenvalue weighted by Gasteiger charge is 2.06. The standard InChI is InChI=1S/C18H19NO3/c1-3-5-15(21)7-4-6-13-8-9-16-14(12-20)11-18(22)19(2)17(16)10-13/h3-11,20-21H,12H2,1-2H3/b5-3-,6-4+,15-7+. The van der Waals surface area contributed by atoms with E-state index in [4.69, 9.17) is 0 Å². The van der Waals surface area contributed by atoms with E-state index in [0.29, 0.717) is 5.56 Å². The number of aromatic nitrogens is 1. The van der Waals surface area contributed by atoms with Crippen LogP contribution in [0, 0.1) is 0 Å². The zero-order valence-electron chi connectivity index (χ0n) is 12.7. The number of hydrogen-bond donors (Lipinski definition) is 2. The maximum absolute atomic E-state index is 11.9. The average molecular weight is 297 g/mol. The molecule has 4 nitrogen and oxygen atoms in total. The van der Waals surface area contributed by atoms with Crippen molar-refractivity contribution in [2.75, 3.05) is 0 Å². The average Bonchev–Trinajstić information content (AvgIpc) is 2.51. The molecule has 22 heavy (non-hydrogen) atoms. The Morgan fingerprint density at radius 3 is 2.77 bits per heavy atom. The molecule has 1 aromatic carbocycles. The molecule has 0 aliphatic carbocycles. The van der Waals surface area contributed by atoms with Gasteiger partial charge in [-0.2, -0.15) is 0 Å². The lowest BCUT2D eigenvalue weighted by molar-refractivity contribution is 0.283. The molecule has 0 spiro atoms. The van der Waals surface area contributed by atoms with Gasteiger partial charge in [0.25, 0.3) is 5.56 Å². The summed E-state index contributed by atoms with van der Waals surface area (Å²) in [4.78, 5) is 11.9. The number of allylic oxidation sites excluding steroid dienone is 4. The summed E-state index contributed by atoms with van der Waals surface area (Å²) < 4.78 is 1.55. The second kappa shape index (κ2) is 6.91. The van der Waals surface area contributed by atoms with E-state index in [-0.39, 0.29) is 17.9 Å². The maximum atomic E-state index is 11.9. The first-order valence-electron chi connectivity index (χ1n) is 7.00. The van der Waals surface area contributed by atoms with E-state index < -0.39 is 0 Å². The number of pyridine rings is 1. The van der Waals surface area contributed by atoms with Crippen LogP contribution in [0.2, 0.25) is 0 Å². The van der Waals surface area contributed by atoms with E-state index in [1.807, 2.05) is 31.2 Å². The van der Waals surface area contributed by atoms with E-state index in [0.717, 1.165) is 16.5 Å². The third-order valence-electron chi connectivity index (χ3n) is 3.42. The van der Waals surface area contributed by atoms with E-state index in [2.05, 4.69) is 0 Å². The van der Waals surface area contributed by atoms with Gasteiger partial charge in [0.15, 0.2) is 0 Å². The van der Waals surface area contributed by atoms with Crippen LogP contribution in [0.1, 0.15) is 18.1 Å². The van der Waals surface area contributed by atoms with Crippen LogP contribution < -0.4 is 5.56 Å². The number of aliphatic hydroxyl groups excluding tert-OH is 2. The molecule has 0 aliphatic rings. The Bertz CT molecular complexity index is 826. The van der Waals surface area contributed by atoms with Crippen molar-refractivity contribution in [2.45, 2.75) is 13.5 Å². The fraction of sp³-hybridized carbons (Fsp3) is 0.167. The highest BCUT2D eigenvalue weighted by Crippen LogP contribution is 2.19. The Labute approximate surface area is 129 Å². The summed E-state index contributed by atoms with van der Waals surface area (Å²) in [6.07, 6.45) is 8.52. The highest BCUT2D eigenvalue weighted by molar-refractivity contribution is 5.84. The van der Waals surface area contributed by atoms with Crippen LogP contribution in [0.25, 0.3) is 17.0 Å². The van der Waals surface area contributed by atoms with Gasteiger partial charge in [0, 0.05) is 18.5 Å². The Kier molecular flexibility index (Phi) is 4.96. The molecule has 1 heterocycles. The minimum Gasteiger partial charge on any atom is -0.508 e. The lowest BCUT2D eigenvalue weighted by atomic mass is 10.1. The molecule has 0 aliphatic heterocycles. The molecule has 4 heteroatoms. The third-order valence-corrected chi connectivity index (χ3v) is 3.42. The van der Waals surface area contributed by atoms with Crippen LogP contribution in [0.4, 0.5) is 0 Å². The molecular formula is C18H19NO3. The summed E-state index contributed by atoms with van der Waals surface area (Å²) in [6.45, 7) is 1.66. The second-order valence-electron chi connectivity index (χ2n) is 4.95. The molecule has 0 fully saturated rings. The van der Waals surface area contributed by atoms with Crippen molar-refractivity contribution in [3.8, 4) is 0 Å². The van der Waals surface area contributed by atoms with Crippen molar-refractivity contribution in [2.24, 2.45) is 7.05 Å². The van der Waals surface area contributed by atoms with Crippen molar-refractivity contribution < 1.29 is 10.2 Å². The Balaban J connectivity index is 2.47. The smallest absolute Gasteiger partial charge is 0.251 e. The van der Waals surface area contributed by atoms with Gasteiger partial charge in [-0.25, -0.2) is 0 Å². The number of fused-ring (bicyclic) bond motifs is 1. The van der Waals surface area contributed by atoms with Gasteiger partial charge in [0.2, 0.25) is 0 Å². The zero-order valence-corrected chi connectivity index (χ0v) is 12.7. The minimum absolute atomic E-state index is 0.150. The molecule has 2 N–H and O–H groups in total. The molecule has 0 bridgehead atoms. The van der Waals surface area contributed by atoms with Crippen LogP contribution >= 0.6 is 0 Å². The number of hydrogen-bond acceptors (Lipinski definition) is 3. The fourth-order valence-corrected chi connectivity index (χ4v) is 2.26. The van der Waals surface area contributed by atoms with Crippen molar-refractivity contribution in [3.05, 3.63) is 75.8 Å². The number of aryl methyl sites for hydroxylation is 1. The van der Waals surface area contributed by atoms with Crippen molar-refractivity contribution in [1.29, 1.82) is 0 Å². The lowest BCUT2D eigenvalue weighted by Gasteiger charge is -2.09. The predicted octanol–water partition coefficient (Wildman–Crippen LogP) is 3.06. The Hall–Kier alpha value is -2.59. The highest BCUT2D eigenvalue weighted by atomic mass is 16.3. The molecule has 0 amide bonds. The molecule has 0 radical (unpaired) electrons. The molecule has 2 rings (SSSR count). The molecule has 0 saturated carbocycles. The summed E-state index contributed by atoms with van der Waals surface area (Å²) in [5.41, 5.74) is 2.14. The normalized spacial score (nSPS) is 12.8. The van der Waals surface area contributed by atoms with Crippen LogP contribution in [0.5, 0.6) is 0 Å². The van der Waals surface area contributed by atoms with Crippen molar-refractivity contribution in [1.82, 2.24) is 4.57 Å². The van der Waals surface area contributed by atoms with Gasteiger partial charge in [0.05, 0.1) is 12.1 Å². The summed E-state index contributed by atoms with van der Waals surface area (Å²) in [6, 6.07) is 7.13. The number of rotatable bonds is 4. The summed E-state index contributed by atoms with van der Waals surface area (Å²) >= 11 is 0. The quantitative estimate of drug-likeness (QED) is 0.673. The Morgan fingerprint density at radius 1 is 1.32 bits per heavy atom. The summed E-state index contributed by atoms with van der Waals surface area (Å²) in [7, 11) is 1.71. The minimum atomic E-state index is -0.165. The first kappa shape index (κ1) is 15.8. The lowest BCUT2D eigenvalue weighted by Crippen LogP contribution is -2.17. The maximum Gasteiger partial charge on any atom is 0.251 e. The van der Waals surface area contributed by atoms with Crippen LogP contribution in [-0.4, -0.2) is 14.8 Å². The molecule has 0 atom stereocenters. The monoisotopic (exact) mass is 297 g/mol. The SMILES string of the molecule is C\C=C/C(O)=C\C=C\c1ccc2c(CO)cc(=O)n(C)c2c1. The first-order chi connectivity index (χ1) is 10.6. The van der Waals surface area contributed by atoms with Gasteiger partial charge in [-0.1, -0.05) is 30.4 Å². The molecule has 2 aromatic rings. The van der Waals surface area contributed by atoms with Gasteiger partial charge in [-0.3, -0.25) is 4.79 Å². The molecular weight excluding hydrogens is 278 g/mol. The van der Waals surface area contributed by atoms with Crippen LogP contribution in [0.3, 0.4) is 0 Å². The van der Waals surface area contributed by atoms with E-state index in [1.165, 1.54) is 6.07 Å². The fourth-order valence-electron chi connectivity index (χ4n) is 2.26. The number of aliphatic hydroxyl groups is 2. The second-order valence-corrected chi connectivity index (χ2v) is 4.95. The van der Waals surface area contributed by atoms with Crippen molar-refractivity contribution in [3.63, 3.8) is 0 Å². The third kappa shape index (κ3) is 3.35. The molecule has 114 valence electrons. The summed E-state index contributed by atoms with van der Waals surface area (Å²) in [5, 5.41) is 19.7. The predicted molar refractivity (Wildman–Crippen MR) is 89.7 cm³/mol. The van der Waals surface area contributed by atoms with Gasteiger partial charge in [-0.05, 0) is 36.3 Å². The molecule has 0 saturated heterocycles. The van der Waals surface area contributed by atoms with Gasteiger partial charge < -0.3 is 14.8 Å².